The maximum atomic E-state index is 12.6. The number of pyridine rings is 1. The highest BCUT2D eigenvalue weighted by Crippen LogP contribution is 2.42. The molecule has 0 saturated heterocycles. The third-order valence-electron chi connectivity index (χ3n) is 4.70. The van der Waals surface area contributed by atoms with Crippen LogP contribution in [0, 0.1) is 20.8 Å². The molecule has 29 heavy (non-hydrogen) atoms. The smallest absolute Gasteiger partial charge is 0.291 e. The maximum Gasteiger partial charge on any atom is 0.291 e. The van der Waals surface area contributed by atoms with Crippen LogP contribution in [0.3, 0.4) is 0 Å². The molecule has 0 aliphatic carbocycles. The lowest BCUT2D eigenvalue weighted by atomic mass is 10.0. The molecular formula is C22H21N3O2S2. The highest BCUT2D eigenvalue weighted by molar-refractivity contribution is 7.16. The second-order valence-corrected chi connectivity index (χ2v) is 8.92. The van der Waals surface area contributed by atoms with Gasteiger partial charge in [-0.05, 0) is 62.0 Å². The van der Waals surface area contributed by atoms with Crippen molar-refractivity contribution < 1.29 is 9.21 Å². The first-order chi connectivity index (χ1) is 14.0. The molecule has 5 nitrogen and oxygen atoms in total. The summed E-state index contributed by atoms with van der Waals surface area (Å²) in [5.74, 6) is 0.840. The van der Waals surface area contributed by atoms with Gasteiger partial charge >= 0.3 is 0 Å². The normalized spacial score (nSPS) is 12.0. The topological polar surface area (TPSA) is 67.2 Å². The minimum atomic E-state index is -0.254. The molecule has 0 spiro atoms. The fourth-order valence-electron chi connectivity index (χ4n) is 3.17. The molecule has 148 valence electrons. The van der Waals surface area contributed by atoms with Gasteiger partial charge in [0.1, 0.15) is 10.8 Å². The number of rotatable bonds is 6. The average molecular weight is 424 g/mol. The Morgan fingerprint density at radius 3 is 2.66 bits per heavy atom. The summed E-state index contributed by atoms with van der Waals surface area (Å²) in [4.78, 5) is 19.6. The van der Waals surface area contributed by atoms with Crippen molar-refractivity contribution in [2.45, 2.75) is 26.8 Å². The zero-order valence-corrected chi connectivity index (χ0v) is 18.0. The molecule has 7 heteroatoms. The van der Waals surface area contributed by atoms with Crippen LogP contribution in [0.2, 0.25) is 0 Å². The average Bonchev–Trinajstić information content (AvgIpc) is 3.44. The van der Waals surface area contributed by atoms with Crippen LogP contribution in [-0.2, 0) is 0 Å². The first-order valence-corrected chi connectivity index (χ1v) is 10.9. The van der Waals surface area contributed by atoms with Gasteiger partial charge in [0.15, 0.2) is 5.76 Å². The van der Waals surface area contributed by atoms with Gasteiger partial charge in [0.2, 0.25) is 0 Å². The number of aryl methyl sites for hydroxylation is 2. The van der Waals surface area contributed by atoms with Gasteiger partial charge in [-0.25, -0.2) is 4.98 Å². The van der Waals surface area contributed by atoms with Crippen LogP contribution in [0.25, 0.3) is 0 Å². The minimum absolute atomic E-state index is 0.124. The third kappa shape index (κ3) is 4.11. The van der Waals surface area contributed by atoms with E-state index >= 15 is 0 Å². The number of hydrogen-bond acceptors (Lipinski definition) is 6. The Morgan fingerprint density at radius 1 is 1.10 bits per heavy atom. The first-order valence-electron chi connectivity index (χ1n) is 9.21. The quantitative estimate of drug-likeness (QED) is 0.389. The summed E-state index contributed by atoms with van der Waals surface area (Å²) >= 11 is 3.25. The Balaban J connectivity index is 1.75. The van der Waals surface area contributed by atoms with Gasteiger partial charge in [0.25, 0.3) is 5.91 Å². The Kier molecular flexibility index (Phi) is 5.51. The summed E-state index contributed by atoms with van der Waals surface area (Å²) in [6.45, 7) is 6.14. The summed E-state index contributed by atoms with van der Waals surface area (Å²) in [6, 6.07) is 13.3. The van der Waals surface area contributed by atoms with Gasteiger partial charge in [-0.15, -0.1) is 22.7 Å². The van der Waals surface area contributed by atoms with E-state index in [0.717, 1.165) is 37.4 Å². The minimum Gasteiger partial charge on any atom is -0.459 e. The molecular weight excluding hydrogens is 402 g/mol. The van der Waals surface area contributed by atoms with Gasteiger partial charge in [-0.3, -0.25) is 4.79 Å². The first kappa shape index (κ1) is 19.4. The molecule has 0 bridgehead atoms. The van der Waals surface area contributed by atoms with Crippen LogP contribution in [0.1, 0.15) is 43.2 Å². The second-order valence-electron chi connectivity index (χ2n) is 6.71. The van der Waals surface area contributed by atoms with Crippen molar-refractivity contribution in [2.24, 2.45) is 0 Å². The molecule has 0 radical (unpaired) electrons. The van der Waals surface area contributed by atoms with E-state index in [1.165, 1.54) is 6.26 Å². The van der Waals surface area contributed by atoms with Gasteiger partial charge < -0.3 is 15.1 Å². The number of carbonyl (C=O) groups is 1. The molecule has 4 aromatic rings. The Bertz CT molecular complexity index is 1120. The zero-order chi connectivity index (χ0) is 20.4. The Morgan fingerprint density at radius 2 is 1.97 bits per heavy atom. The number of hydrogen-bond donors (Lipinski definition) is 2. The second kappa shape index (κ2) is 8.23. The van der Waals surface area contributed by atoms with Crippen LogP contribution in [0.4, 0.5) is 10.8 Å². The molecule has 2 N–H and O–H groups in total. The van der Waals surface area contributed by atoms with E-state index < -0.39 is 0 Å². The SMILES string of the molecule is Cc1cccc(N[C@@H](c2cccs2)c2c(NC(=O)c3ccco3)sc(C)c2C)n1. The van der Waals surface area contributed by atoms with Crippen molar-refractivity contribution in [1.29, 1.82) is 0 Å². The predicted molar refractivity (Wildman–Crippen MR) is 119 cm³/mol. The van der Waals surface area contributed by atoms with E-state index in [1.807, 2.05) is 31.2 Å². The van der Waals surface area contributed by atoms with Gasteiger partial charge in [0, 0.05) is 21.0 Å². The Hall–Kier alpha value is -2.90. The van der Waals surface area contributed by atoms with Crippen LogP contribution in [0.15, 0.2) is 58.5 Å². The van der Waals surface area contributed by atoms with Gasteiger partial charge in [0.05, 0.1) is 12.3 Å². The molecule has 4 heterocycles. The summed E-state index contributed by atoms with van der Waals surface area (Å²) in [6.07, 6.45) is 1.50. The predicted octanol–water partition coefficient (Wildman–Crippen LogP) is 6.18. The van der Waals surface area contributed by atoms with Crippen molar-refractivity contribution >= 4 is 39.4 Å². The summed E-state index contributed by atoms with van der Waals surface area (Å²) < 4.78 is 5.25. The number of furan rings is 1. The van der Waals surface area contributed by atoms with E-state index in [1.54, 1.807) is 34.8 Å². The Labute approximate surface area is 177 Å². The van der Waals surface area contributed by atoms with Crippen molar-refractivity contribution in [2.75, 3.05) is 10.6 Å². The molecule has 1 amide bonds. The lowest BCUT2D eigenvalue weighted by molar-refractivity contribution is 0.0997. The summed E-state index contributed by atoms with van der Waals surface area (Å²) in [5.41, 5.74) is 3.16. The third-order valence-corrected chi connectivity index (χ3v) is 6.78. The number of nitrogens with one attached hydrogen (secondary N) is 2. The number of thiophene rings is 2. The molecule has 0 saturated carbocycles. The maximum absolute atomic E-state index is 12.6. The largest absolute Gasteiger partial charge is 0.459 e. The van der Waals surface area contributed by atoms with Crippen molar-refractivity contribution in [3.05, 3.63) is 86.4 Å². The highest BCUT2D eigenvalue weighted by Gasteiger charge is 2.26. The van der Waals surface area contributed by atoms with Gasteiger partial charge in [-0.1, -0.05) is 12.1 Å². The standard InChI is InChI=1S/C22H21N3O2S2/c1-13-7-4-10-18(23-13)24-20(17-9-6-12-28-17)19-14(2)15(3)29-22(19)25-21(26)16-8-5-11-27-16/h4-12,20H,1-3H3,(H,23,24)(H,25,26)/t20-/m0/s1. The fourth-order valence-corrected chi connectivity index (χ4v) is 5.05. The molecule has 0 aliphatic rings. The van der Waals surface area contributed by atoms with Crippen LogP contribution < -0.4 is 10.6 Å². The van der Waals surface area contributed by atoms with Crippen LogP contribution in [0.5, 0.6) is 0 Å². The lowest BCUT2D eigenvalue weighted by Gasteiger charge is -2.21. The number of carbonyl (C=O) groups excluding carboxylic acids is 1. The molecule has 0 aromatic carbocycles. The summed E-state index contributed by atoms with van der Waals surface area (Å²) in [5, 5.41) is 9.49. The van der Waals surface area contributed by atoms with E-state index in [-0.39, 0.29) is 11.9 Å². The fraction of sp³-hybridized carbons (Fsp3) is 0.182. The molecule has 4 aromatic heterocycles. The van der Waals surface area contributed by atoms with Crippen LogP contribution >= 0.6 is 22.7 Å². The molecule has 0 unspecified atom stereocenters. The number of nitrogens with zero attached hydrogens (tertiary/aromatic N) is 1. The molecule has 0 aliphatic heterocycles. The van der Waals surface area contributed by atoms with E-state index in [2.05, 4.69) is 40.9 Å². The zero-order valence-electron chi connectivity index (χ0n) is 16.4. The van der Waals surface area contributed by atoms with Crippen molar-refractivity contribution in [3.63, 3.8) is 0 Å². The lowest BCUT2D eigenvalue weighted by Crippen LogP contribution is -2.17. The number of aromatic nitrogens is 1. The molecule has 4 rings (SSSR count). The van der Waals surface area contributed by atoms with Gasteiger partial charge in [-0.2, -0.15) is 0 Å². The van der Waals surface area contributed by atoms with E-state index in [0.29, 0.717) is 5.76 Å². The van der Waals surface area contributed by atoms with Crippen molar-refractivity contribution in [1.82, 2.24) is 4.98 Å². The molecule has 0 fully saturated rings. The highest BCUT2D eigenvalue weighted by atomic mass is 32.1. The van der Waals surface area contributed by atoms with E-state index in [4.69, 9.17) is 4.42 Å². The van der Waals surface area contributed by atoms with Crippen molar-refractivity contribution in [3.8, 4) is 0 Å². The molecule has 1 atom stereocenters. The monoisotopic (exact) mass is 423 g/mol. The number of amides is 1. The van der Waals surface area contributed by atoms with Crippen LogP contribution in [-0.4, -0.2) is 10.9 Å². The van der Waals surface area contributed by atoms with E-state index in [9.17, 15) is 4.79 Å². The number of anilines is 2. The summed E-state index contributed by atoms with van der Waals surface area (Å²) in [7, 11) is 0.